The number of aromatic nitrogens is 2. The third kappa shape index (κ3) is 3.49. The van der Waals surface area contributed by atoms with Gasteiger partial charge in [0.1, 0.15) is 6.10 Å². The number of amides is 1. The molecule has 1 fully saturated rings. The fraction of sp³-hybridized carbons (Fsp3) is 0.421. The van der Waals surface area contributed by atoms with Crippen molar-refractivity contribution in [1.29, 1.82) is 0 Å². The molecule has 2 aromatic rings. The van der Waals surface area contributed by atoms with Crippen LogP contribution in [0.3, 0.4) is 0 Å². The summed E-state index contributed by atoms with van der Waals surface area (Å²) < 4.78 is 11.7. The second-order valence-electron chi connectivity index (χ2n) is 6.43. The zero-order valence-electron chi connectivity index (χ0n) is 14.0. The zero-order chi connectivity index (χ0) is 17.1. The lowest BCUT2D eigenvalue weighted by Crippen LogP contribution is -2.47. The monoisotopic (exact) mass is 339 g/mol. The van der Waals surface area contributed by atoms with Crippen molar-refractivity contribution in [3.63, 3.8) is 0 Å². The number of fused-ring (bicyclic) bond motifs is 1. The first kappa shape index (κ1) is 16.0. The molecule has 4 rings (SSSR count). The minimum Gasteiger partial charge on any atom is -0.471 e. The molecule has 0 saturated carbocycles. The van der Waals surface area contributed by atoms with E-state index < -0.39 is 6.10 Å². The van der Waals surface area contributed by atoms with E-state index >= 15 is 0 Å². The largest absolute Gasteiger partial charge is 0.471 e. The van der Waals surface area contributed by atoms with Gasteiger partial charge in [-0.2, -0.15) is 5.10 Å². The predicted octanol–water partition coefficient (Wildman–Crippen LogP) is 2.16. The third-order valence-corrected chi connectivity index (χ3v) is 4.74. The summed E-state index contributed by atoms with van der Waals surface area (Å²) in [6, 6.07) is 11.6. The summed E-state index contributed by atoms with van der Waals surface area (Å²) in [5, 5.41) is 7.79. The Morgan fingerprint density at radius 1 is 1.24 bits per heavy atom. The molecule has 0 radical (unpaired) electrons. The molecule has 2 aliphatic heterocycles. The second kappa shape index (κ2) is 7.19. The van der Waals surface area contributed by atoms with Crippen LogP contribution in [0.4, 0.5) is 0 Å². The number of piperidine rings is 1. The lowest BCUT2D eigenvalue weighted by Gasteiger charge is -2.36. The van der Waals surface area contributed by atoms with Crippen LogP contribution in [-0.2, 0) is 16.0 Å². The number of likely N-dealkylation sites (tertiary alicyclic amines) is 1. The molecule has 0 spiro atoms. The van der Waals surface area contributed by atoms with Gasteiger partial charge in [-0.05, 0) is 36.5 Å². The number of hydrogen-bond acceptors (Lipinski definition) is 5. The maximum atomic E-state index is 13.0. The highest BCUT2D eigenvalue weighted by Gasteiger charge is 2.33. The van der Waals surface area contributed by atoms with Crippen molar-refractivity contribution in [1.82, 2.24) is 15.1 Å². The van der Waals surface area contributed by atoms with Crippen molar-refractivity contribution in [2.45, 2.75) is 31.5 Å². The van der Waals surface area contributed by atoms with Gasteiger partial charge in [0.25, 0.3) is 5.91 Å². The van der Waals surface area contributed by atoms with Gasteiger partial charge in [-0.3, -0.25) is 4.79 Å². The van der Waals surface area contributed by atoms with Crippen LogP contribution in [0.1, 0.15) is 30.1 Å². The first-order valence-electron chi connectivity index (χ1n) is 8.74. The lowest BCUT2D eigenvalue weighted by atomic mass is 9.96. The van der Waals surface area contributed by atoms with Gasteiger partial charge in [-0.15, -0.1) is 5.10 Å². The Morgan fingerprint density at radius 2 is 2.16 bits per heavy atom. The first-order valence-corrected chi connectivity index (χ1v) is 8.74. The average molecular weight is 339 g/mol. The Morgan fingerprint density at radius 3 is 3.04 bits per heavy atom. The quantitative estimate of drug-likeness (QED) is 0.857. The maximum absolute atomic E-state index is 13.0. The number of carbonyl (C=O) groups excluding carboxylic acids is 1. The van der Waals surface area contributed by atoms with Gasteiger partial charge in [0.15, 0.2) is 6.10 Å². The minimum atomic E-state index is -0.500. The molecule has 1 amide bonds. The molecule has 6 heteroatoms. The van der Waals surface area contributed by atoms with Gasteiger partial charge in [-0.1, -0.05) is 24.3 Å². The normalized spacial score (nSPS) is 23.0. The molecule has 0 bridgehead atoms. The molecule has 1 aromatic carbocycles. The van der Waals surface area contributed by atoms with Crippen LogP contribution < -0.4 is 4.74 Å². The first-order chi connectivity index (χ1) is 12.3. The van der Waals surface area contributed by atoms with E-state index in [-0.39, 0.29) is 12.0 Å². The van der Waals surface area contributed by atoms with Crippen LogP contribution in [0.25, 0.3) is 0 Å². The Labute approximate surface area is 146 Å². The van der Waals surface area contributed by atoms with Gasteiger partial charge >= 0.3 is 0 Å². The zero-order valence-corrected chi connectivity index (χ0v) is 14.0. The molecule has 1 saturated heterocycles. The standard InChI is InChI=1S/C19H21N3O3/c23-19(18-16-7-2-1-5-14(16)9-12-24-18)22-11-4-6-15(13-22)25-17-8-3-10-20-21-17/h1-3,5,7-8,10,15,18H,4,6,9,11-13H2/t15-,18-/m0/s1. The van der Waals surface area contributed by atoms with Gasteiger partial charge < -0.3 is 14.4 Å². The highest BCUT2D eigenvalue weighted by molar-refractivity contribution is 5.83. The van der Waals surface area contributed by atoms with Gasteiger partial charge in [0, 0.05) is 18.8 Å². The Kier molecular flexibility index (Phi) is 4.61. The van der Waals surface area contributed by atoms with Crippen LogP contribution in [0.5, 0.6) is 5.88 Å². The molecule has 130 valence electrons. The van der Waals surface area contributed by atoms with E-state index in [1.807, 2.05) is 23.1 Å². The highest BCUT2D eigenvalue weighted by Crippen LogP contribution is 2.29. The number of nitrogens with zero attached hydrogens (tertiary/aromatic N) is 3. The van der Waals surface area contributed by atoms with Crippen molar-refractivity contribution >= 4 is 5.91 Å². The second-order valence-corrected chi connectivity index (χ2v) is 6.43. The smallest absolute Gasteiger partial charge is 0.256 e. The highest BCUT2D eigenvalue weighted by atomic mass is 16.5. The van der Waals surface area contributed by atoms with Crippen LogP contribution in [-0.4, -0.2) is 46.8 Å². The summed E-state index contributed by atoms with van der Waals surface area (Å²) in [5.74, 6) is 0.528. The fourth-order valence-corrected chi connectivity index (χ4v) is 3.52. The van der Waals surface area contributed by atoms with Crippen molar-refractivity contribution in [2.75, 3.05) is 19.7 Å². The summed E-state index contributed by atoms with van der Waals surface area (Å²) in [5.41, 5.74) is 2.20. The number of carbonyl (C=O) groups is 1. The van der Waals surface area contributed by atoms with Gasteiger partial charge in [0.2, 0.25) is 5.88 Å². The molecule has 0 N–H and O–H groups in total. The van der Waals surface area contributed by atoms with Crippen molar-refractivity contribution in [2.24, 2.45) is 0 Å². The van der Waals surface area contributed by atoms with E-state index in [0.717, 1.165) is 31.4 Å². The summed E-state index contributed by atoms with van der Waals surface area (Å²) in [7, 11) is 0. The fourth-order valence-electron chi connectivity index (χ4n) is 3.52. The van der Waals surface area contributed by atoms with Crippen LogP contribution in [0, 0.1) is 0 Å². The van der Waals surface area contributed by atoms with Gasteiger partial charge in [0.05, 0.1) is 13.2 Å². The van der Waals surface area contributed by atoms with Crippen LogP contribution in [0.2, 0.25) is 0 Å². The number of hydrogen-bond donors (Lipinski definition) is 0. The van der Waals surface area contributed by atoms with E-state index in [1.54, 1.807) is 18.3 Å². The molecule has 0 unspecified atom stereocenters. The van der Waals surface area contributed by atoms with Crippen molar-refractivity contribution in [3.05, 3.63) is 53.7 Å². The summed E-state index contributed by atoms with van der Waals surface area (Å²) in [6.07, 6.45) is 3.72. The molecule has 6 nitrogen and oxygen atoms in total. The molecular formula is C19H21N3O3. The number of benzene rings is 1. The minimum absolute atomic E-state index is 0.0274. The Bertz CT molecular complexity index is 738. The van der Waals surface area contributed by atoms with Crippen molar-refractivity contribution in [3.8, 4) is 5.88 Å². The van der Waals surface area contributed by atoms with Crippen molar-refractivity contribution < 1.29 is 14.3 Å². The third-order valence-electron chi connectivity index (χ3n) is 4.74. The molecular weight excluding hydrogens is 318 g/mol. The average Bonchev–Trinajstić information content (AvgIpc) is 2.68. The summed E-state index contributed by atoms with van der Waals surface area (Å²) in [4.78, 5) is 14.9. The summed E-state index contributed by atoms with van der Waals surface area (Å²) in [6.45, 7) is 1.87. The van der Waals surface area contributed by atoms with E-state index in [2.05, 4.69) is 16.3 Å². The summed E-state index contributed by atoms with van der Waals surface area (Å²) >= 11 is 0. The lowest BCUT2D eigenvalue weighted by molar-refractivity contribution is -0.147. The molecule has 1 aromatic heterocycles. The van der Waals surface area contributed by atoms with Crippen LogP contribution in [0.15, 0.2) is 42.6 Å². The SMILES string of the molecule is O=C([C@H]1OCCc2ccccc21)N1CCC[C@H](Oc2cccnn2)C1. The molecule has 0 aliphatic carbocycles. The van der Waals surface area contributed by atoms with Crippen LogP contribution >= 0.6 is 0 Å². The Hall–Kier alpha value is -2.47. The molecule has 25 heavy (non-hydrogen) atoms. The number of rotatable bonds is 3. The topological polar surface area (TPSA) is 64.5 Å². The Balaban J connectivity index is 1.46. The molecule has 3 heterocycles. The van der Waals surface area contributed by atoms with E-state index in [0.29, 0.717) is 19.0 Å². The van der Waals surface area contributed by atoms with Gasteiger partial charge in [-0.25, -0.2) is 0 Å². The maximum Gasteiger partial charge on any atom is 0.256 e. The van der Waals surface area contributed by atoms with E-state index in [9.17, 15) is 4.79 Å². The predicted molar refractivity (Wildman–Crippen MR) is 91.1 cm³/mol. The molecule has 2 aliphatic rings. The number of ether oxygens (including phenoxy) is 2. The van der Waals surface area contributed by atoms with E-state index in [4.69, 9.17) is 9.47 Å². The molecule has 2 atom stereocenters. The van der Waals surface area contributed by atoms with E-state index in [1.165, 1.54) is 5.56 Å².